The lowest BCUT2D eigenvalue weighted by atomic mass is 10.1. The molecule has 0 saturated carbocycles. The van der Waals surface area contributed by atoms with Gasteiger partial charge in [0.1, 0.15) is 0 Å². The fourth-order valence-corrected chi connectivity index (χ4v) is 2.84. The van der Waals surface area contributed by atoms with Crippen LogP contribution in [-0.4, -0.2) is 21.9 Å². The van der Waals surface area contributed by atoms with Crippen LogP contribution in [0.15, 0.2) is 34.8 Å². The van der Waals surface area contributed by atoms with Crippen LogP contribution in [0, 0.1) is 0 Å². The second kappa shape index (κ2) is 5.53. The molecule has 3 rings (SSSR count). The van der Waals surface area contributed by atoms with Crippen LogP contribution in [0.2, 0.25) is 0 Å². The Hall–Kier alpha value is -2.80. The Balaban J connectivity index is 2.03. The number of carbonyl (C=O) groups is 2. The van der Waals surface area contributed by atoms with Crippen molar-refractivity contribution < 1.29 is 14.7 Å². The first kappa shape index (κ1) is 14.2. The van der Waals surface area contributed by atoms with Crippen LogP contribution in [0.4, 0.5) is 5.13 Å². The van der Waals surface area contributed by atoms with Crippen LogP contribution in [0.1, 0.15) is 11.8 Å². The first-order valence-corrected chi connectivity index (χ1v) is 7.23. The summed E-state index contributed by atoms with van der Waals surface area (Å²) in [5.41, 5.74) is 0.354. The average molecular weight is 313 g/mol. The highest BCUT2D eigenvalue weighted by Crippen LogP contribution is 2.30. The van der Waals surface area contributed by atoms with Crippen molar-refractivity contribution in [3.63, 3.8) is 0 Å². The zero-order valence-electron chi connectivity index (χ0n) is 11.5. The van der Waals surface area contributed by atoms with E-state index in [1.165, 1.54) is 13.0 Å². The molecule has 7 heteroatoms. The number of aromatic hydroxyl groups is 1. The fourth-order valence-electron chi connectivity index (χ4n) is 1.98. The number of nitrogens with one attached hydrogen (secondary N) is 1. The van der Waals surface area contributed by atoms with E-state index in [4.69, 9.17) is 0 Å². The number of amides is 2. The Morgan fingerprint density at radius 3 is 2.91 bits per heavy atom. The maximum Gasteiger partial charge on any atom is 0.277 e. The summed E-state index contributed by atoms with van der Waals surface area (Å²) in [4.78, 5) is 31.2. The van der Waals surface area contributed by atoms with Gasteiger partial charge in [-0.15, -0.1) is 0 Å². The van der Waals surface area contributed by atoms with Crippen LogP contribution in [0.3, 0.4) is 0 Å². The van der Waals surface area contributed by atoms with E-state index < -0.39 is 0 Å². The summed E-state index contributed by atoms with van der Waals surface area (Å²) in [5, 5.41) is 14.0. The van der Waals surface area contributed by atoms with Crippen LogP contribution < -0.4 is 15.9 Å². The molecule has 0 radical (unpaired) electrons. The molecular weight excluding hydrogens is 302 g/mol. The Bertz CT molecular complexity index is 928. The van der Waals surface area contributed by atoms with Crippen LogP contribution in [-0.2, 0) is 9.59 Å². The van der Waals surface area contributed by atoms with Gasteiger partial charge in [0, 0.05) is 17.7 Å². The van der Waals surface area contributed by atoms with Gasteiger partial charge in [0.25, 0.3) is 5.91 Å². The molecule has 110 valence electrons. The average Bonchev–Trinajstić information content (AvgIpc) is 2.78. The van der Waals surface area contributed by atoms with E-state index >= 15 is 0 Å². The van der Waals surface area contributed by atoms with Crippen molar-refractivity contribution in [2.24, 2.45) is 4.99 Å². The number of para-hydroxylation sites is 1. The van der Waals surface area contributed by atoms with Crippen molar-refractivity contribution >= 4 is 40.4 Å². The molecule has 1 aromatic heterocycles. The summed E-state index contributed by atoms with van der Waals surface area (Å²) in [5.74, 6) is -0.897. The van der Waals surface area contributed by atoms with Gasteiger partial charge in [-0.1, -0.05) is 29.5 Å². The number of hydrogen-bond donors (Lipinski definition) is 2. The van der Waals surface area contributed by atoms with Gasteiger partial charge in [0.15, 0.2) is 5.13 Å². The molecule has 22 heavy (non-hydrogen) atoms. The highest BCUT2D eigenvalue weighted by Gasteiger charge is 2.14. The molecule has 0 unspecified atom stereocenters. The normalized spacial score (nSPS) is 15.0. The quantitative estimate of drug-likeness (QED) is 0.803. The summed E-state index contributed by atoms with van der Waals surface area (Å²) in [6, 6.07) is 7.29. The summed E-state index contributed by atoms with van der Waals surface area (Å²) >= 11 is 1.08. The molecule has 0 spiro atoms. The number of thiazole rings is 1. The number of hydrogen-bond acceptors (Lipinski definition) is 5. The molecule has 2 N–H and O–H groups in total. The molecular formula is C15H11N3O3S. The summed E-state index contributed by atoms with van der Waals surface area (Å²) in [6.45, 7) is 1.35. The first-order chi connectivity index (χ1) is 10.5. The summed E-state index contributed by atoms with van der Waals surface area (Å²) in [6.07, 6.45) is 3.22. The lowest BCUT2D eigenvalue weighted by Crippen LogP contribution is -2.29. The molecule has 2 amide bonds. The number of nitrogens with zero attached hydrogens (tertiary/aromatic N) is 2. The minimum Gasteiger partial charge on any atom is -0.492 e. The monoisotopic (exact) mass is 313 g/mol. The third-order valence-corrected chi connectivity index (χ3v) is 3.83. The van der Waals surface area contributed by atoms with Crippen molar-refractivity contribution in [2.75, 3.05) is 5.32 Å². The Kier molecular flexibility index (Phi) is 3.56. The van der Waals surface area contributed by atoms with Gasteiger partial charge in [-0.25, -0.2) is 4.99 Å². The number of anilines is 1. The molecule has 0 atom stereocenters. The SMILES string of the molecule is CC(=O)Nc1nc(O)c(/C=C2/C=c3ccccc3=NC2=O)s1. The standard InChI is InChI=1S/C15H11N3O3S/c1-8(19)16-15-18-14(21)12(22-15)7-10-6-9-4-2-3-5-11(9)17-13(10)20/h2-7,21H,1H3,(H,16,18,19)/b10-7-. The largest absolute Gasteiger partial charge is 0.492 e. The molecule has 2 heterocycles. The molecule has 1 aromatic carbocycles. The van der Waals surface area contributed by atoms with Crippen molar-refractivity contribution in [1.82, 2.24) is 4.98 Å². The number of carbonyl (C=O) groups excluding carboxylic acids is 2. The predicted molar refractivity (Wildman–Crippen MR) is 82.8 cm³/mol. The molecule has 0 aliphatic carbocycles. The second-order valence-corrected chi connectivity index (χ2v) is 5.64. The topological polar surface area (TPSA) is 91.7 Å². The molecule has 6 nitrogen and oxygen atoms in total. The van der Waals surface area contributed by atoms with Gasteiger partial charge in [0.2, 0.25) is 11.8 Å². The van der Waals surface area contributed by atoms with Gasteiger partial charge in [-0.3, -0.25) is 9.59 Å². The van der Waals surface area contributed by atoms with E-state index in [-0.39, 0.29) is 22.8 Å². The predicted octanol–water partition coefficient (Wildman–Crippen LogP) is 0.831. The second-order valence-electron chi connectivity index (χ2n) is 4.61. The summed E-state index contributed by atoms with van der Waals surface area (Å²) < 4.78 is 0. The number of fused-ring (bicyclic) bond motifs is 1. The number of benzene rings is 1. The lowest BCUT2D eigenvalue weighted by Gasteiger charge is -2.02. The lowest BCUT2D eigenvalue weighted by molar-refractivity contribution is -0.115. The van der Waals surface area contributed by atoms with Crippen molar-refractivity contribution in [3.05, 3.63) is 45.3 Å². The van der Waals surface area contributed by atoms with E-state index in [9.17, 15) is 14.7 Å². The molecule has 2 aromatic rings. The smallest absolute Gasteiger partial charge is 0.277 e. The highest BCUT2D eigenvalue weighted by molar-refractivity contribution is 7.16. The van der Waals surface area contributed by atoms with E-state index in [2.05, 4.69) is 15.3 Å². The van der Waals surface area contributed by atoms with Crippen LogP contribution in [0.5, 0.6) is 5.88 Å². The van der Waals surface area contributed by atoms with Crippen LogP contribution in [0.25, 0.3) is 12.2 Å². The Morgan fingerprint density at radius 1 is 1.36 bits per heavy atom. The van der Waals surface area contributed by atoms with E-state index in [0.717, 1.165) is 16.6 Å². The van der Waals surface area contributed by atoms with E-state index in [0.29, 0.717) is 15.8 Å². The third-order valence-electron chi connectivity index (χ3n) is 2.92. The van der Waals surface area contributed by atoms with Crippen molar-refractivity contribution in [2.45, 2.75) is 6.92 Å². The zero-order valence-corrected chi connectivity index (χ0v) is 12.3. The molecule has 0 fully saturated rings. The van der Waals surface area contributed by atoms with Gasteiger partial charge in [0.05, 0.1) is 10.2 Å². The minimum atomic E-state index is -0.382. The zero-order chi connectivity index (χ0) is 15.7. The maximum absolute atomic E-state index is 12.0. The van der Waals surface area contributed by atoms with Crippen molar-refractivity contribution in [1.29, 1.82) is 0 Å². The molecule has 1 aliphatic heterocycles. The number of rotatable bonds is 2. The first-order valence-electron chi connectivity index (χ1n) is 6.42. The highest BCUT2D eigenvalue weighted by atomic mass is 32.1. The fraction of sp³-hybridized carbons (Fsp3) is 0.0667. The van der Waals surface area contributed by atoms with E-state index in [1.54, 1.807) is 12.1 Å². The van der Waals surface area contributed by atoms with Gasteiger partial charge >= 0.3 is 0 Å². The van der Waals surface area contributed by atoms with E-state index in [1.807, 2.05) is 18.2 Å². The van der Waals surface area contributed by atoms with Gasteiger partial charge in [-0.2, -0.15) is 4.98 Å². The Labute approximate surface area is 129 Å². The third kappa shape index (κ3) is 2.79. The summed E-state index contributed by atoms with van der Waals surface area (Å²) in [7, 11) is 0. The molecule has 1 aliphatic rings. The van der Waals surface area contributed by atoms with Gasteiger partial charge in [-0.05, 0) is 18.2 Å². The van der Waals surface area contributed by atoms with Crippen molar-refractivity contribution in [3.8, 4) is 5.88 Å². The van der Waals surface area contributed by atoms with Crippen LogP contribution >= 0.6 is 11.3 Å². The maximum atomic E-state index is 12.0. The molecule has 0 saturated heterocycles. The number of aromatic nitrogens is 1. The molecule has 0 bridgehead atoms. The minimum absolute atomic E-state index is 0.235. The van der Waals surface area contributed by atoms with Gasteiger partial charge < -0.3 is 10.4 Å². The Morgan fingerprint density at radius 2 is 2.14 bits per heavy atom.